The molecular formula is C16H10N2OSe. The van der Waals surface area contributed by atoms with Crippen LogP contribution in [0.1, 0.15) is 0 Å². The molecule has 20 heavy (non-hydrogen) atoms. The molecule has 0 saturated heterocycles. The van der Waals surface area contributed by atoms with Crippen LogP contribution in [-0.2, 0) is 0 Å². The molecule has 0 spiro atoms. The van der Waals surface area contributed by atoms with Crippen LogP contribution < -0.4 is 5.56 Å². The van der Waals surface area contributed by atoms with E-state index in [1.54, 1.807) is 6.20 Å². The summed E-state index contributed by atoms with van der Waals surface area (Å²) in [6.45, 7) is 0. The molecule has 0 N–H and O–H groups in total. The Balaban J connectivity index is 2.12. The van der Waals surface area contributed by atoms with Crippen LogP contribution in [0.25, 0.3) is 26.2 Å². The molecule has 2 aromatic heterocycles. The Bertz CT molecular complexity index is 979. The van der Waals surface area contributed by atoms with Crippen LogP contribution in [0.5, 0.6) is 0 Å². The number of pyridine rings is 1. The van der Waals surface area contributed by atoms with E-state index in [1.807, 2.05) is 58.2 Å². The maximum atomic E-state index is 12.6. The molecule has 0 saturated carbocycles. The van der Waals surface area contributed by atoms with Gasteiger partial charge in [0.05, 0.1) is 0 Å². The number of benzene rings is 2. The Kier molecular flexibility index (Phi) is 2.59. The van der Waals surface area contributed by atoms with Gasteiger partial charge >= 0.3 is 121 Å². The van der Waals surface area contributed by atoms with Gasteiger partial charge in [0.2, 0.25) is 0 Å². The van der Waals surface area contributed by atoms with Crippen molar-refractivity contribution in [3.8, 4) is 5.69 Å². The predicted octanol–water partition coefficient (Wildman–Crippen LogP) is 2.60. The van der Waals surface area contributed by atoms with Gasteiger partial charge in [0, 0.05) is 0 Å². The van der Waals surface area contributed by atoms with Gasteiger partial charge in [0.15, 0.2) is 0 Å². The molecule has 3 nitrogen and oxygen atoms in total. The van der Waals surface area contributed by atoms with Crippen molar-refractivity contribution in [1.29, 1.82) is 0 Å². The quantitative estimate of drug-likeness (QED) is 0.504. The first-order chi connectivity index (χ1) is 9.84. The van der Waals surface area contributed by atoms with Gasteiger partial charge in [0.1, 0.15) is 0 Å². The molecule has 0 aliphatic heterocycles. The van der Waals surface area contributed by atoms with E-state index in [1.165, 1.54) is 0 Å². The first-order valence-electron chi connectivity index (χ1n) is 6.30. The second-order valence-corrected chi connectivity index (χ2v) is 6.61. The van der Waals surface area contributed by atoms with Gasteiger partial charge in [-0.15, -0.1) is 0 Å². The van der Waals surface area contributed by atoms with Crippen molar-refractivity contribution in [3.63, 3.8) is 0 Å². The van der Waals surface area contributed by atoms with Gasteiger partial charge in [-0.2, -0.15) is 0 Å². The number of hydrogen-bond donors (Lipinski definition) is 0. The normalized spacial score (nSPS) is 11.2. The summed E-state index contributed by atoms with van der Waals surface area (Å²) in [6, 6.07) is 17.7. The summed E-state index contributed by atoms with van der Waals surface area (Å²) >= 11 is -0.0144. The fourth-order valence-corrected chi connectivity index (χ4v) is 4.52. The van der Waals surface area contributed by atoms with E-state index in [9.17, 15) is 4.79 Å². The monoisotopic (exact) mass is 326 g/mol. The Labute approximate surface area is 121 Å². The number of hydrogen-bond acceptors (Lipinski definition) is 2. The Morgan fingerprint density at radius 2 is 1.80 bits per heavy atom. The summed E-state index contributed by atoms with van der Waals surface area (Å²) in [4.78, 5) is 17.0. The minimum absolute atomic E-state index is 0.0144. The molecule has 0 unspecified atom stereocenters. The van der Waals surface area contributed by atoms with Crippen molar-refractivity contribution >= 4 is 35.3 Å². The maximum absolute atomic E-state index is 12.6. The van der Waals surface area contributed by atoms with Gasteiger partial charge < -0.3 is 0 Å². The Morgan fingerprint density at radius 3 is 2.70 bits per heavy atom. The van der Waals surface area contributed by atoms with Gasteiger partial charge in [-0.05, 0) is 0 Å². The molecule has 4 heteroatoms. The first-order valence-corrected chi connectivity index (χ1v) is 7.92. The van der Waals surface area contributed by atoms with Crippen LogP contribution in [0.2, 0.25) is 0 Å². The van der Waals surface area contributed by atoms with Crippen LogP contribution in [0.4, 0.5) is 0 Å². The third-order valence-electron chi connectivity index (χ3n) is 3.32. The van der Waals surface area contributed by atoms with E-state index in [2.05, 4.69) is 4.98 Å². The fourth-order valence-electron chi connectivity index (χ4n) is 2.38. The molecular weight excluding hydrogens is 315 g/mol. The molecule has 2 heterocycles. The number of nitrogens with zero attached hydrogens (tertiary/aromatic N) is 2. The van der Waals surface area contributed by atoms with Gasteiger partial charge in [-0.1, -0.05) is 0 Å². The SMILES string of the molecule is O=c1c2ccccc2[se]n1-c1cccc2cccnc12. The fraction of sp³-hybridized carbons (Fsp3) is 0. The zero-order chi connectivity index (χ0) is 13.5. The van der Waals surface area contributed by atoms with Crippen molar-refractivity contribution in [3.05, 3.63) is 71.1 Å². The molecule has 4 rings (SSSR count). The molecule has 0 radical (unpaired) electrons. The van der Waals surface area contributed by atoms with E-state index in [0.29, 0.717) is 0 Å². The van der Waals surface area contributed by atoms with E-state index in [-0.39, 0.29) is 20.3 Å². The third kappa shape index (κ3) is 1.66. The summed E-state index contributed by atoms with van der Waals surface area (Å²) in [5.41, 5.74) is 1.88. The van der Waals surface area contributed by atoms with Crippen LogP contribution in [0, 0.1) is 0 Å². The summed E-state index contributed by atoms with van der Waals surface area (Å²) in [5.74, 6) is 0. The van der Waals surface area contributed by atoms with Gasteiger partial charge in [-0.3, -0.25) is 0 Å². The molecule has 0 aliphatic carbocycles. The van der Waals surface area contributed by atoms with Crippen LogP contribution >= 0.6 is 0 Å². The van der Waals surface area contributed by atoms with E-state index in [0.717, 1.165) is 26.2 Å². The second-order valence-electron chi connectivity index (χ2n) is 4.54. The van der Waals surface area contributed by atoms with Crippen LogP contribution in [-0.4, -0.2) is 23.3 Å². The van der Waals surface area contributed by atoms with E-state index < -0.39 is 0 Å². The average Bonchev–Trinajstić information content (AvgIpc) is 2.84. The van der Waals surface area contributed by atoms with Crippen molar-refractivity contribution < 1.29 is 0 Å². The number of fused-ring (bicyclic) bond motifs is 2. The van der Waals surface area contributed by atoms with Crippen molar-refractivity contribution in [2.24, 2.45) is 0 Å². The molecule has 96 valence electrons. The summed E-state index contributed by atoms with van der Waals surface area (Å²) in [7, 11) is 0. The Morgan fingerprint density at radius 1 is 0.950 bits per heavy atom. The predicted molar refractivity (Wildman–Crippen MR) is 81.8 cm³/mol. The topological polar surface area (TPSA) is 34.9 Å². The number of para-hydroxylation sites is 1. The summed E-state index contributed by atoms with van der Waals surface area (Å²) in [6.07, 6.45) is 1.77. The zero-order valence-electron chi connectivity index (χ0n) is 10.5. The average molecular weight is 325 g/mol. The van der Waals surface area contributed by atoms with Crippen molar-refractivity contribution in [1.82, 2.24) is 8.55 Å². The molecule has 0 amide bonds. The standard InChI is InChI=1S/C16H10N2OSe/c19-16-12-7-1-2-9-14(12)20-18(16)13-8-3-5-11-6-4-10-17-15(11)13/h1-10H. The van der Waals surface area contributed by atoms with Crippen molar-refractivity contribution in [2.45, 2.75) is 0 Å². The summed E-state index contributed by atoms with van der Waals surface area (Å²) < 4.78 is 3.01. The molecule has 0 aliphatic rings. The third-order valence-corrected chi connectivity index (χ3v) is 5.63. The first kappa shape index (κ1) is 11.6. The molecule has 0 atom stereocenters. The number of rotatable bonds is 1. The zero-order valence-corrected chi connectivity index (χ0v) is 12.2. The molecule has 0 bridgehead atoms. The minimum atomic E-state index is -0.0144. The molecule has 0 fully saturated rings. The second kappa shape index (κ2) is 4.44. The van der Waals surface area contributed by atoms with Crippen LogP contribution in [0.3, 0.4) is 0 Å². The number of aromatic nitrogens is 2. The van der Waals surface area contributed by atoms with E-state index in [4.69, 9.17) is 0 Å². The summed E-state index contributed by atoms with van der Waals surface area (Å²) in [5, 5.41) is 1.88. The van der Waals surface area contributed by atoms with Crippen LogP contribution in [0.15, 0.2) is 65.6 Å². The van der Waals surface area contributed by atoms with Gasteiger partial charge in [-0.25, -0.2) is 0 Å². The van der Waals surface area contributed by atoms with Gasteiger partial charge in [0.25, 0.3) is 0 Å². The Hall–Kier alpha value is -2.16. The van der Waals surface area contributed by atoms with E-state index >= 15 is 0 Å². The molecule has 4 aromatic rings. The van der Waals surface area contributed by atoms with Crippen molar-refractivity contribution in [2.75, 3.05) is 0 Å². The molecule has 2 aromatic carbocycles.